The molecule has 2 aromatic carbocycles. The molecular formula is C22H24N4O3. The summed E-state index contributed by atoms with van der Waals surface area (Å²) in [7, 11) is 3.23. The van der Waals surface area contributed by atoms with Crippen molar-refractivity contribution in [2.45, 2.75) is 13.8 Å². The summed E-state index contributed by atoms with van der Waals surface area (Å²) in [5.41, 5.74) is 4.04. The molecule has 7 nitrogen and oxygen atoms in total. The Balaban J connectivity index is 2.17. The van der Waals surface area contributed by atoms with E-state index in [2.05, 4.69) is 15.1 Å². The second-order valence-corrected chi connectivity index (χ2v) is 6.58. The Bertz CT molecular complexity index is 1060. The van der Waals surface area contributed by atoms with Crippen molar-refractivity contribution in [2.75, 3.05) is 20.8 Å². The molecule has 7 heteroatoms. The van der Waals surface area contributed by atoms with Crippen LogP contribution in [0.5, 0.6) is 11.5 Å². The van der Waals surface area contributed by atoms with Crippen molar-refractivity contribution >= 4 is 0 Å². The molecular weight excluding hydrogens is 368 g/mol. The van der Waals surface area contributed by atoms with E-state index in [1.807, 2.05) is 68.5 Å². The second kappa shape index (κ2) is 9.05. The van der Waals surface area contributed by atoms with Gasteiger partial charge in [-0.05, 0) is 62.4 Å². The second-order valence-electron chi connectivity index (χ2n) is 6.58. The van der Waals surface area contributed by atoms with Crippen molar-refractivity contribution in [3.8, 4) is 34.0 Å². The van der Waals surface area contributed by atoms with Crippen LogP contribution < -0.4 is 15.1 Å². The minimum absolute atomic E-state index is 0.130. The summed E-state index contributed by atoms with van der Waals surface area (Å²) in [5.74, 6) is 1.48. The number of nitrogens with zero attached hydrogens (tertiary/aromatic N) is 4. The maximum atomic E-state index is 10.4. The monoisotopic (exact) mass is 392 g/mol. The van der Waals surface area contributed by atoms with Crippen LogP contribution in [0.4, 0.5) is 0 Å². The molecule has 0 unspecified atom stereocenters. The lowest BCUT2D eigenvalue weighted by Crippen LogP contribution is -2.27. The lowest BCUT2D eigenvalue weighted by atomic mass is 10.0. The maximum absolute atomic E-state index is 10.4. The summed E-state index contributed by atoms with van der Waals surface area (Å²) in [4.78, 5) is 9.66. The van der Waals surface area contributed by atoms with Gasteiger partial charge in [0.1, 0.15) is 22.9 Å². The first-order valence-electron chi connectivity index (χ1n) is 9.15. The fourth-order valence-corrected chi connectivity index (χ4v) is 2.69. The first kappa shape index (κ1) is 20.1. The van der Waals surface area contributed by atoms with Crippen LogP contribution >= 0.6 is 0 Å². The molecule has 0 amide bonds. The summed E-state index contributed by atoms with van der Waals surface area (Å²) < 4.78 is 10.5. The van der Waals surface area contributed by atoms with Crippen LogP contribution in [-0.2, 0) is 0 Å². The lowest BCUT2D eigenvalue weighted by Gasteiger charge is -2.11. The minimum atomic E-state index is 0.130. The molecule has 0 saturated carbocycles. The summed E-state index contributed by atoms with van der Waals surface area (Å²) >= 11 is 0. The molecule has 3 aromatic rings. The van der Waals surface area contributed by atoms with Gasteiger partial charge in [-0.15, -0.1) is 5.10 Å². The topological polar surface area (TPSA) is 81.8 Å². The van der Waals surface area contributed by atoms with E-state index < -0.39 is 0 Å². The molecule has 29 heavy (non-hydrogen) atoms. The minimum Gasteiger partial charge on any atom is -0.497 e. The number of hydrogen-bond acceptors (Lipinski definition) is 6. The fourth-order valence-electron chi connectivity index (χ4n) is 2.69. The average Bonchev–Trinajstić information content (AvgIpc) is 2.74. The standard InChI is InChI=1S/C22H24N4O3/c1-15(2)13-14-23-22-24-20(16-5-9-18(28-3)10-6-16)21(25-26(22)27)17-7-11-19(29-4)12-8-17/h5-13,27H,14H2,1-4H3. The highest BCUT2D eigenvalue weighted by molar-refractivity contribution is 5.77. The average molecular weight is 392 g/mol. The van der Waals surface area contributed by atoms with E-state index >= 15 is 0 Å². The highest BCUT2D eigenvalue weighted by atomic mass is 16.5. The number of rotatable bonds is 6. The lowest BCUT2D eigenvalue weighted by molar-refractivity contribution is 0.127. The zero-order chi connectivity index (χ0) is 20.8. The first-order chi connectivity index (χ1) is 14.0. The van der Waals surface area contributed by atoms with Crippen molar-refractivity contribution < 1.29 is 14.7 Å². The van der Waals surface area contributed by atoms with Gasteiger partial charge >= 0.3 is 0 Å². The van der Waals surface area contributed by atoms with Crippen LogP contribution in [0.15, 0.2) is 65.2 Å². The predicted octanol–water partition coefficient (Wildman–Crippen LogP) is 3.73. The number of allylic oxidation sites excluding steroid dienone is 1. The van der Waals surface area contributed by atoms with Gasteiger partial charge in [0.25, 0.3) is 5.62 Å². The number of methoxy groups -OCH3 is 2. The van der Waals surface area contributed by atoms with E-state index in [9.17, 15) is 5.21 Å². The number of aromatic nitrogens is 3. The SMILES string of the molecule is COc1ccc(-c2nc(=NCC=C(C)C)n(O)nc2-c2ccc(OC)cc2)cc1. The summed E-state index contributed by atoms with van der Waals surface area (Å²) in [6.45, 7) is 4.38. The Morgan fingerprint density at radius 2 is 1.45 bits per heavy atom. The first-order valence-corrected chi connectivity index (χ1v) is 9.15. The van der Waals surface area contributed by atoms with Gasteiger partial charge in [0.05, 0.1) is 20.8 Å². The van der Waals surface area contributed by atoms with Gasteiger partial charge in [0.15, 0.2) is 0 Å². The molecule has 1 aromatic heterocycles. The fraction of sp³-hybridized carbons (Fsp3) is 0.227. The Kier molecular flexibility index (Phi) is 6.29. The van der Waals surface area contributed by atoms with Crippen molar-refractivity contribution in [2.24, 2.45) is 4.99 Å². The Morgan fingerprint density at radius 1 is 0.931 bits per heavy atom. The van der Waals surface area contributed by atoms with Gasteiger partial charge in [-0.1, -0.05) is 16.5 Å². The third kappa shape index (κ3) is 4.82. The molecule has 0 radical (unpaired) electrons. The molecule has 0 aliphatic rings. The van der Waals surface area contributed by atoms with Crippen molar-refractivity contribution in [3.63, 3.8) is 0 Å². The van der Waals surface area contributed by atoms with Crippen LogP contribution in [0.2, 0.25) is 0 Å². The number of hydrogen-bond donors (Lipinski definition) is 1. The third-order valence-corrected chi connectivity index (χ3v) is 4.27. The van der Waals surface area contributed by atoms with Crippen LogP contribution in [0.1, 0.15) is 13.8 Å². The Morgan fingerprint density at radius 3 is 1.93 bits per heavy atom. The maximum Gasteiger partial charge on any atom is 0.280 e. The molecule has 0 spiro atoms. The van der Waals surface area contributed by atoms with Crippen molar-refractivity contribution in [1.82, 2.24) is 14.9 Å². The number of ether oxygens (including phenoxy) is 2. The zero-order valence-electron chi connectivity index (χ0n) is 17.0. The van der Waals surface area contributed by atoms with Crippen molar-refractivity contribution in [3.05, 3.63) is 65.8 Å². The Hall–Kier alpha value is -3.61. The molecule has 1 N–H and O–H groups in total. The zero-order valence-corrected chi connectivity index (χ0v) is 17.0. The largest absolute Gasteiger partial charge is 0.497 e. The van der Waals surface area contributed by atoms with E-state index in [1.165, 1.54) is 0 Å². The predicted molar refractivity (Wildman–Crippen MR) is 111 cm³/mol. The molecule has 150 valence electrons. The molecule has 3 rings (SSSR count). The Labute approximate surface area is 169 Å². The van der Waals surface area contributed by atoms with Gasteiger partial charge in [0, 0.05) is 11.1 Å². The molecule has 0 aliphatic heterocycles. The highest BCUT2D eigenvalue weighted by Gasteiger charge is 2.14. The van der Waals surface area contributed by atoms with Gasteiger partial charge < -0.3 is 14.7 Å². The molecule has 0 aliphatic carbocycles. The van der Waals surface area contributed by atoms with Crippen LogP contribution in [-0.4, -0.2) is 40.9 Å². The van der Waals surface area contributed by atoms with Gasteiger partial charge in [-0.25, -0.2) is 9.98 Å². The van der Waals surface area contributed by atoms with Gasteiger partial charge in [-0.2, -0.15) is 0 Å². The van der Waals surface area contributed by atoms with E-state index in [0.29, 0.717) is 22.8 Å². The summed E-state index contributed by atoms with van der Waals surface area (Å²) in [6, 6.07) is 14.9. The molecule has 0 saturated heterocycles. The number of benzene rings is 2. The van der Waals surface area contributed by atoms with Crippen LogP contribution in [0, 0.1) is 0 Å². The van der Waals surface area contributed by atoms with Crippen LogP contribution in [0.3, 0.4) is 0 Å². The molecule has 0 fully saturated rings. The highest BCUT2D eigenvalue weighted by Crippen LogP contribution is 2.29. The van der Waals surface area contributed by atoms with Crippen LogP contribution in [0.25, 0.3) is 22.5 Å². The summed E-state index contributed by atoms with van der Waals surface area (Å²) in [5, 5.41) is 14.7. The van der Waals surface area contributed by atoms with E-state index in [4.69, 9.17) is 9.47 Å². The van der Waals surface area contributed by atoms with Gasteiger partial charge in [0.2, 0.25) is 0 Å². The third-order valence-electron chi connectivity index (χ3n) is 4.27. The van der Waals surface area contributed by atoms with Crippen molar-refractivity contribution in [1.29, 1.82) is 0 Å². The van der Waals surface area contributed by atoms with E-state index in [1.54, 1.807) is 14.2 Å². The van der Waals surface area contributed by atoms with E-state index in [-0.39, 0.29) is 5.62 Å². The van der Waals surface area contributed by atoms with Gasteiger partial charge in [-0.3, -0.25) is 0 Å². The summed E-state index contributed by atoms with van der Waals surface area (Å²) in [6.07, 6.45) is 1.95. The molecule has 1 heterocycles. The smallest absolute Gasteiger partial charge is 0.280 e. The molecule has 0 atom stereocenters. The van der Waals surface area contributed by atoms with E-state index in [0.717, 1.165) is 28.2 Å². The normalized spacial score (nSPS) is 11.2. The quantitative estimate of drug-likeness (QED) is 0.511. The molecule has 0 bridgehead atoms.